The van der Waals surface area contributed by atoms with Crippen LogP contribution in [0.2, 0.25) is 0 Å². The minimum atomic E-state index is 0.156. The van der Waals surface area contributed by atoms with Crippen LogP contribution in [0.25, 0.3) is 0 Å². The van der Waals surface area contributed by atoms with Crippen molar-refractivity contribution in [1.82, 2.24) is 4.90 Å². The molecule has 1 aromatic carbocycles. The molecule has 1 aliphatic heterocycles. The van der Waals surface area contributed by atoms with Crippen LogP contribution in [0.5, 0.6) is 0 Å². The Morgan fingerprint density at radius 3 is 2.37 bits per heavy atom. The van der Waals surface area contributed by atoms with E-state index in [1.54, 1.807) is 0 Å². The molecule has 0 radical (unpaired) electrons. The van der Waals surface area contributed by atoms with Gasteiger partial charge in [0.2, 0.25) is 0 Å². The highest BCUT2D eigenvalue weighted by Crippen LogP contribution is 2.18. The van der Waals surface area contributed by atoms with Crippen LogP contribution in [0.15, 0.2) is 18.2 Å². The molecule has 2 rings (SSSR count). The number of benzene rings is 1. The van der Waals surface area contributed by atoms with Gasteiger partial charge in [0, 0.05) is 24.3 Å². The Balaban J connectivity index is 2.13. The average Bonchev–Trinajstić information content (AvgIpc) is 2.37. The second-order valence-electron chi connectivity index (χ2n) is 5.23. The number of aryl methyl sites for hydroxylation is 1. The van der Waals surface area contributed by atoms with Gasteiger partial charge in [0.25, 0.3) is 5.91 Å². The van der Waals surface area contributed by atoms with Crippen LogP contribution in [0.1, 0.15) is 48.0 Å². The zero-order valence-corrected chi connectivity index (χ0v) is 11.6. The van der Waals surface area contributed by atoms with Crippen LogP contribution in [-0.2, 0) is 0 Å². The molecule has 1 heterocycles. The first-order valence-corrected chi connectivity index (χ1v) is 7.09. The van der Waals surface area contributed by atoms with Crippen LogP contribution in [0.4, 0.5) is 5.69 Å². The number of amides is 1. The number of carbonyl (C=O) groups excluding carboxylic acids is 1. The summed E-state index contributed by atoms with van der Waals surface area (Å²) in [6.45, 7) is 3.72. The normalized spacial score (nSPS) is 16.6. The smallest absolute Gasteiger partial charge is 0.254 e. The molecular formula is C15H23N3O. The molecule has 4 nitrogen and oxygen atoms in total. The Hall–Kier alpha value is -1.55. The van der Waals surface area contributed by atoms with Crippen molar-refractivity contribution in [3.63, 3.8) is 0 Å². The number of hydrogen-bond acceptors (Lipinski definition) is 3. The van der Waals surface area contributed by atoms with Crippen molar-refractivity contribution >= 4 is 11.6 Å². The van der Waals surface area contributed by atoms with Crippen molar-refractivity contribution in [3.05, 3.63) is 29.3 Å². The van der Waals surface area contributed by atoms with E-state index in [1.807, 2.05) is 30.0 Å². The van der Waals surface area contributed by atoms with Crippen LogP contribution in [-0.4, -0.2) is 23.9 Å². The molecule has 0 aromatic heterocycles. The second-order valence-corrected chi connectivity index (χ2v) is 5.23. The predicted octanol–water partition coefficient (Wildman–Crippen LogP) is 2.69. The zero-order chi connectivity index (χ0) is 13.7. The quantitative estimate of drug-likeness (QED) is 0.635. The van der Waals surface area contributed by atoms with E-state index < -0.39 is 0 Å². The molecule has 0 saturated carbocycles. The van der Waals surface area contributed by atoms with E-state index >= 15 is 0 Å². The van der Waals surface area contributed by atoms with Crippen LogP contribution >= 0.6 is 0 Å². The number of anilines is 1. The molecule has 0 atom stereocenters. The van der Waals surface area contributed by atoms with Gasteiger partial charge in [-0.2, -0.15) is 0 Å². The highest BCUT2D eigenvalue weighted by molar-refractivity contribution is 5.96. The van der Waals surface area contributed by atoms with Gasteiger partial charge in [-0.3, -0.25) is 10.6 Å². The number of likely N-dealkylation sites (tertiary alicyclic amines) is 1. The molecule has 0 aliphatic carbocycles. The van der Waals surface area contributed by atoms with Gasteiger partial charge in [0.05, 0.1) is 0 Å². The number of hydrogen-bond donors (Lipinski definition) is 2. The molecule has 0 bridgehead atoms. The van der Waals surface area contributed by atoms with E-state index in [4.69, 9.17) is 5.84 Å². The molecule has 1 aromatic rings. The monoisotopic (exact) mass is 261 g/mol. The first-order chi connectivity index (χ1) is 9.22. The Bertz CT molecular complexity index is 437. The molecule has 3 N–H and O–H groups in total. The van der Waals surface area contributed by atoms with Crippen molar-refractivity contribution < 1.29 is 4.79 Å². The van der Waals surface area contributed by atoms with Gasteiger partial charge in [0.15, 0.2) is 0 Å². The number of carbonyl (C=O) groups is 1. The lowest BCUT2D eigenvalue weighted by molar-refractivity contribution is 0.0741. The molecule has 0 spiro atoms. The van der Waals surface area contributed by atoms with Gasteiger partial charge in [-0.25, -0.2) is 0 Å². The first kappa shape index (κ1) is 13.9. The van der Waals surface area contributed by atoms with Gasteiger partial charge in [-0.1, -0.05) is 19.3 Å². The van der Waals surface area contributed by atoms with Crippen molar-refractivity contribution in [2.75, 3.05) is 18.5 Å². The van der Waals surface area contributed by atoms with Crippen LogP contribution in [0.3, 0.4) is 0 Å². The third-order valence-electron chi connectivity index (χ3n) is 3.77. The van der Waals surface area contributed by atoms with E-state index in [-0.39, 0.29) is 5.91 Å². The fourth-order valence-electron chi connectivity index (χ4n) is 2.61. The summed E-state index contributed by atoms with van der Waals surface area (Å²) in [6.07, 6.45) is 6.01. The fraction of sp³-hybridized carbons (Fsp3) is 0.533. The highest BCUT2D eigenvalue weighted by atomic mass is 16.2. The standard InChI is InChI=1S/C15H23N3O/c1-12-11-13(17-16)7-8-14(12)15(19)18-9-5-3-2-4-6-10-18/h7-8,11,17H,2-6,9-10,16H2,1H3. The Morgan fingerprint density at radius 1 is 1.16 bits per heavy atom. The molecule has 1 saturated heterocycles. The minimum absolute atomic E-state index is 0.156. The van der Waals surface area contributed by atoms with Crippen LogP contribution in [0, 0.1) is 6.92 Å². The first-order valence-electron chi connectivity index (χ1n) is 7.09. The highest BCUT2D eigenvalue weighted by Gasteiger charge is 2.18. The number of nitrogens with zero attached hydrogens (tertiary/aromatic N) is 1. The van der Waals surface area contributed by atoms with E-state index in [0.717, 1.165) is 42.7 Å². The Labute approximate surface area is 114 Å². The molecular weight excluding hydrogens is 238 g/mol. The van der Waals surface area contributed by atoms with Crippen molar-refractivity contribution in [2.45, 2.75) is 39.0 Å². The van der Waals surface area contributed by atoms with E-state index in [0.29, 0.717) is 0 Å². The summed E-state index contributed by atoms with van der Waals surface area (Å²) < 4.78 is 0. The zero-order valence-electron chi connectivity index (χ0n) is 11.6. The van der Waals surface area contributed by atoms with Gasteiger partial charge in [0.1, 0.15) is 0 Å². The summed E-state index contributed by atoms with van der Waals surface area (Å²) in [6, 6.07) is 5.63. The van der Waals surface area contributed by atoms with Gasteiger partial charge < -0.3 is 10.3 Å². The van der Waals surface area contributed by atoms with Crippen molar-refractivity contribution in [1.29, 1.82) is 0 Å². The van der Waals surface area contributed by atoms with Gasteiger partial charge >= 0.3 is 0 Å². The molecule has 1 amide bonds. The SMILES string of the molecule is Cc1cc(NN)ccc1C(=O)N1CCCCCCC1. The maximum Gasteiger partial charge on any atom is 0.254 e. The summed E-state index contributed by atoms with van der Waals surface area (Å²) >= 11 is 0. The minimum Gasteiger partial charge on any atom is -0.339 e. The summed E-state index contributed by atoms with van der Waals surface area (Å²) in [5.74, 6) is 5.54. The van der Waals surface area contributed by atoms with Crippen molar-refractivity contribution in [2.24, 2.45) is 5.84 Å². The summed E-state index contributed by atoms with van der Waals surface area (Å²) in [5.41, 5.74) is 5.21. The van der Waals surface area contributed by atoms with Gasteiger partial charge in [-0.05, 0) is 43.5 Å². The third kappa shape index (κ3) is 3.47. The molecule has 0 unspecified atom stereocenters. The maximum absolute atomic E-state index is 12.6. The van der Waals surface area contributed by atoms with E-state index in [1.165, 1.54) is 19.3 Å². The average molecular weight is 261 g/mol. The third-order valence-corrected chi connectivity index (χ3v) is 3.77. The summed E-state index contributed by atoms with van der Waals surface area (Å²) in [5, 5.41) is 0. The Morgan fingerprint density at radius 2 is 1.79 bits per heavy atom. The number of nitrogens with two attached hydrogens (primary N) is 1. The number of nitrogen functional groups attached to an aromatic ring is 1. The fourth-order valence-corrected chi connectivity index (χ4v) is 2.61. The molecule has 1 aliphatic rings. The summed E-state index contributed by atoms with van der Waals surface area (Å²) in [4.78, 5) is 14.6. The maximum atomic E-state index is 12.6. The number of nitrogens with one attached hydrogen (secondary N) is 1. The van der Waals surface area contributed by atoms with Gasteiger partial charge in [-0.15, -0.1) is 0 Å². The van der Waals surface area contributed by atoms with Crippen LogP contribution < -0.4 is 11.3 Å². The second kappa shape index (κ2) is 6.57. The van der Waals surface area contributed by atoms with Crippen molar-refractivity contribution in [3.8, 4) is 0 Å². The topological polar surface area (TPSA) is 58.4 Å². The summed E-state index contributed by atoms with van der Waals surface area (Å²) in [7, 11) is 0. The molecule has 104 valence electrons. The molecule has 19 heavy (non-hydrogen) atoms. The number of rotatable bonds is 2. The lowest BCUT2D eigenvalue weighted by atomic mass is 10.0. The lowest BCUT2D eigenvalue weighted by Gasteiger charge is -2.25. The number of hydrazine groups is 1. The van der Waals surface area contributed by atoms with E-state index in [2.05, 4.69) is 5.43 Å². The molecule has 4 heteroatoms. The lowest BCUT2D eigenvalue weighted by Crippen LogP contribution is -2.34. The van der Waals surface area contributed by atoms with E-state index in [9.17, 15) is 4.79 Å². The Kier molecular flexibility index (Phi) is 4.80. The largest absolute Gasteiger partial charge is 0.339 e. The predicted molar refractivity (Wildman–Crippen MR) is 78.0 cm³/mol. The molecule has 1 fully saturated rings.